The second-order valence-corrected chi connectivity index (χ2v) is 8.74. The van der Waals surface area contributed by atoms with Gasteiger partial charge in [-0.2, -0.15) is 5.10 Å². The van der Waals surface area contributed by atoms with Crippen LogP contribution >= 0.6 is 11.6 Å². The number of halogens is 1. The van der Waals surface area contributed by atoms with Gasteiger partial charge in [-0.3, -0.25) is 9.10 Å². The van der Waals surface area contributed by atoms with Crippen molar-refractivity contribution in [3.63, 3.8) is 0 Å². The normalized spacial score (nSPS) is 10.8. The summed E-state index contributed by atoms with van der Waals surface area (Å²) < 4.78 is 43.7. The minimum atomic E-state index is -4.24. The molecule has 0 spiro atoms. The number of anilines is 1. The Labute approximate surface area is 186 Å². The molecule has 2 aromatic rings. The van der Waals surface area contributed by atoms with E-state index in [2.05, 4.69) is 10.5 Å². The van der Waals surface area contributed by atoms with Gasteiger partial charge in [-0.1, -0.05) is 11.6 Å². The Bertz CT molecular complexity index is 1080. The van der Waals surface area contributed by atoms with Crippen molar-refractivity contribution in [3.8, 4) is 17.2 Å². The predicted octanol–water partition coefficient (Wildman–Crippen LogP) is 3.07. The Morgan fingerprint density at radius 2 is 1.61 bits per heavy atom. The van der Waals surface area contributed by atoms with Gasteiger partial charge in [0.05, 0.1) is 31.9 Å². The molecule has 0 aliphatic carbocycles. The van der Waals surface area contributed by atoms with Crippen molar-refractivity contribution < 1.29 is 27.4 Å². The number of carbonyl (C=O) groups excluding carboxylic acids is 1. The number of nitrogens with one attached hydrogen (secondary N) is 1. The maximum atomic E-state index is 13.6. The first-order chi connectivity index (χ1) is 14.6. The first-order valence-corrected chi connectivity index (χ1v) is 10.8. The lowest BCUT2D eigenvalue weighted by Gasteiger charge is -2.25. The third kappa shape index (κ3) is 5.80. The highest BCUT2D eigenvalue weighted by Gasteiger charge is 2.30. The van der Waals surface area contributed by atoms with Crippen molar-refractivity contribution in [3.05, 3.63) is 41.4 Å². The number of methoxy groups -OCH3 is 3. The van der Waals surface area contributed by atoms with Crippen LogP contribution in [0.1, 0.15) is 13.8 Å². The molecule has 0 radical (unpaired) electrons. The van der Waals surface area contributed by atoms with Crippen LogP contribution in [-0.2, 0) is 14.8 Å². The van der Waals surface area contributed by atoms with E-state index >= 15 is 0 Å². The molecule has 0 aromatic heterocycles. The first kappa shape index (κ1) is 24.3. The lowest BCUT2D eigenvalue weighted by molar-refractivity contribution is -0.119. The molecule has 11 heteroatoms. The van der Waals surface area contributed by atoms with Crippen LogP contribution in [0.4, 0.5) is 5.69 Å². The molecule has 0 saturated heterocycles. The Morgan fingerprint density at radius 1 is 1.00 bits per heavy atom. The van der Waals surface area contributed by atoms with Crippen molar-refractivity contribution in [2.75, 3.05) is 32.2 Å². The highest BCUT2D eigenvalue weighted by atomic mass is 35.5. The number of hydrogen-bond donors (Lipinski definition) is 1. The molecule has 1 amide bonds. The molecule has 1 N–H and O–H groups in total. The molecule has 0 heterocycles. The number of amides is 1. The standard InChI is InChI=1S/C20H24ClN3O6S/c1-13(2)22-23-20(25)12-24(16-10-14(21)6-8-17(16)28-3)31(26,27)15-7-9-18(29-4)19(11-15)30-5/h6-11H,12H2,1-5H3,(H,23,25). The molecule has 0 atom stereocenters. The number of hydrogen-bond acceptors (Lipinski definition) is 7. The van der Waals surface area contributed by atoms with Crippen LogP contribution in [0.2, 0.25) is 5.02 Å². The average molecular weight is 470 g/mol. The molecule has 0 aliphatic heterocycles. The Balaban J connectivity index is 2.62. The van der Waals surface area contributed by atoms with Crippen LogP contribution in [0.5, 0.6) is 17.2 Å². The molecule has 0 unspecified atom stereocenters. The van der Waals surface area contributed by atoms with E-state index in [0.717, 1.165) is 4.31 Å². The maximum Gasteiger partial charge on any atom is 0.265 e. The summed E-state index contributed by atoms with van der Waals surface area (Å²) >= 11 is 6.10. The van der Waals surface area contributed by atoms with E-state index in [-0.39, 0.29) is 27.1 Å². The van der Waals surface area contributed by atoms with Gasteiger partial charge in [0, 0.05) is 16.8 Å². The number of rotatable bonds is 9. The zero-order chi connectivity index (χ0) is 23.2. The summed E-state index contributed by atoms with van der Waals surface area (Å²) in [6.45, 7) is 2.82. The number of nitrogens with zero attached hydrogens (tertiary/aromatic N) is 2. The first-order valence-electron chi connectivity index (χ1n) is 9.02. The molecule has 0 fully saturated rings. The fraction of sp³-hybridized carbons (Fsp3) is 0.300. The summed E-state index contributed by atoms with van der Waals surface area (Å²) in [5.41, 5.74) is 3.02. The van der Waals surface area contributed by atoms with Crippen LogP contribution < -0.4 is 23.9 Å². The molecule has 2 aromatic carbocycles. The quantitative estimate of drug-likeness (QED) is 0.447. The van der Waals surface area contributed by atoms with Gasteiger partial charge in [0.2, 0.25) is 0 Å². The molecule has 168 valence electrons. The Hall–Kier alpha value is -2.98. The van der Waals surface area contributed by atoms with Gasteiger partial charge in [-0.05, 0) is 44.2 Å². The van der Waals surface area contributed by atoms with E-state index in [1.54, 1.807) is 19.9 Å². The van der Waals surface area contributed by atoms with Gasteiger partial charge in [-0.25, -0.2) is 13.8 Å². The fourth-order valence-electron chi connectivity index (χ4n) is 2.60. The highest BCUT2D eigenvalue weighted by Crippen LogP contribution is 2.36. The summed E-state index contributed by atoms with van der Waals surface area (Å²) in [5.74, 6) is 0.153. The van der Waals surface area contributed by atoms with Crippen LogP contribution in [0.3, 0.4) is 0 Å². The third-order valence-electron chi connectivity index (χ3n) is 4.04. The van der Waals surface area contributed by atoms with Gasteiger partial charge in [0.1, 0.15) is 12.3 Å². The molecule has 2 rings (SSSR count). The van der Waals surface area contributed by atoms with E-state index in [4.69, 9.17) is 25.8 Å². The van der Waals surface area contributed by atoms with Gasteiger partial charge in [0.15, 0.2) is 11.5 Å². The van der Waals surface area contributed by atoms with Gasteiger partial charge < -0.3 is 14.2 Å². The van der Waals surface area contributed by atoms with Crippen LogP contribution in [0.25, 0.3) is 0 Å². The summed E-state index contributed by atoms with van der Waals surface area (Å²) in [6.07, 6.45) is 0. The fourth-order valence-corrected chi connectivity index (χ4v) is 4.21. The minimum absolute atomic E-state index is 0.0946. The van der Waals surface area contributed by atoms with Gasteiger partial charge >= 0.3 is 0 Å². The molecule has 0 bridgehead atoms. The van der Waals surface area contributed by atoms with Crippen molar-refractivity contribution >= 4 is 38.9 Å². The van der Waals surface area contributed by atoms with E-state index in [9.17, 15) is 13.2 Å². The Kier molecular flexibility index (Phi) is 8.12. The SMILES string of the molecule is COc1ccc(S(=O)(=O)N(CC(=O)NN=C(C)C)c2cc(Cl)ccc2OC)cc1OC. The summed E-state index contributed by atoms with van der Waals surface area (Å²) in [6, 6.07) is 8.60. The summed E-state index contributed by atoms with van der Waals surface area (Å²) in [4.78, 5) is 12.4. The van der Waals surface area contributed by atoms with Crippen molar-refractivity contribution in [1.29, 1.82) is 0 Å². The predicted molar refractivity (Wildman–Crippen MR) is 119 cm³/mol. The zero-order valence-corrected chi connectivity index (χ0v) is 19.4. The number of carbonyl (C=O) groups is 1. The molecule has 9 nitrogen and oxygen atoms in total. The molecular weight excluding hydrogens is 446 g/mol. The molecule has 0 saturated carbocycles. The topological polar surface area (TPSA) is 107 Å². The minimum Gasteiger partial charge on any atom is -0.495 e. The van der Waals surface area contributed by atoms with E-state index < -0.39 is 22.5 Å². The number of benzene rings is 2. The van der Waals surface area contributed by atoms with E-state index in [0.29, 0.717) is 11.5 Å². The monoisotopic (exact) mass is 469 g/mol. The second-order valence-electron chi connectivity index (χ2n) is 6.44. The van der Waals surface area contributed by atoms with E-state index in [1.807, 2.05) is 0 Å². The van der Waals surface area contributed by atoms with E-state index in [1.165, 1.54) is 51.7 Å². The third-order valence-corrected chi connectivity index (χ3v) is 6.03. The Morgan fingerprint density at radius 3 is 2.19 bits per heavy atom. The van der Waals surface area contributed by atoms with Crippen molar-refractivity contribution in [1.82, 2.24) is 5.43 Å². The van der Waals surface area contributed by atoms with Crippen LogP contribution in [0, 0.1) is 0 Å². The lowest BCUT2D eigenvalue weighted by Crippen LogP contribution is -2.40. The van der Waals surface area contributed by atoms with Gasteiger partial charge in [-0.15, -0.1) is 0 Å². The number of sulfonamides is 1. The zero-order valence-electron chi connectivity index (χ0n) is 17.8. The molecule has 31 heavy (non-hydrogen) atoms. The summed E-state index contributed by atoms with van der Waals surface area (Å²) in [7, 11) is -0.0236. The largest absolute Gasteiger partial charge is 0.495 e. The maximum absolute atomic E-state index is 13.6. The van der Waals surface area contributed by atoms with Gasteiger partial charge in [0.25, 0.3) is 15.9 Å². The number of ether oxygens (including phenoxy) is 3. The highest BCUT2D eigenvalue weighted by molar-refractivity contribution is 7.92. The lowest BCUT2D eigenvalue weighted by atomic mass is 10.3. The smallest absolute Gasteiger partial charge is 0.265 e. The van der Waals surface area contributed by atoms with Crippen LogP contribution in [-0.4, -0.2) is 47.9 Å². The molecular formula is C20H24ClN3O6S. The van der Waals surface area contributed by atoms with Crippen molar-refractivity contribution in [2.24, 2.45) is 5.10 Å². The molecule has 0 aliphatic rings. The summed E-state index contributed by atoms with van der Waals surface area (Å²) in [5, 5.41) is 4.11. The van der Waals surface area contributed by atoms with Crippen molar-refractivity contribution in [2.45, 2.75) is 18.7 Å². The number of hydrazone groups is 1. The van der Waals surface area contributed by atoms with Crippen LogP contribution in [0.15, 0.2) is 46.4 Å². The average Bonchev–Trinajstić information content (AvgIpc) is 2.75. The second kappa shape index (κ2) is 10.4.